The Labute approximate surface area is 201 Å². The third-order valence-electron chi connectivity index (χ3n) is 6.50. The minimum Gasteiger partial charge on any atom is -0.340 e. The van der Waals surface area contributed by atoms with Gasteiger partial charge in [0.1, 0.15) is 5.82 Å². The maximum Gasteiger partial charge on any atom is 0.242 e. The number of carbonyl (C=O) groups is 1. The molecule has 1 fully saturated rings. The van der Waals surface area contributed by atoms with Gasteiger partial charge in [0, 0.05) is 66.7 Å². The van der Waals surface area contributed by atoms with Crippen LogP contribution in [0.15, 0.2) is 47.4 Å². The van der Waals surface area contributed by atoms with Gasteiger partial charge in [0.2, 0.25) is 15.9 Å². The fourth-order valence-electron chi connectivity index (χ4n) is 4.43. The van der Waals surface area contributed by atoms with E-state index < -0.39 is 10.0 Å². The van der Waals surface area contributed by atoms with Crippen LogP contribution in [0.5, 0.6) is 0 Å². The first-order valence-electron chi connectivity index (χ1n) is 11.6. The van der Waals surface area contributed by atoms with Crippen LogP contribution in [0.2, 0.25) is 0 Å². The van der Waals surface area contributed by atoms with E-state index in [-0.39, 0.29) is 10.8 Å². The van der Waals surface area contributed by atoms with Crippen molar-refractivity contribution in [2.45, 2.75) is 31.2 Å². The Bertz CT molecular complexity index is 1290. The predicted octanol–water partition coefficient (Wildman–Crippen LogP) is 2.41. The number of sulfonamides is 1. The highest BCUT2D eigenvalue weighted by Crippen LogP contribution is 2.22. The minimum atomic E-state index is -3.52. The van der Waals surface area contributed by atoms with Gasteiger partial charge < -0.3 is 9.47 Å². The first-order chi connectivity index (χ1) is 16.1. The number of rotatable bonds is 7. The van der Waals surface area contributed by atoms with Gasteiger partial charge >= 0.3 is 0 Å². The number of piperazine rings is 1. The lowest BCUT2D eigenvalue weighted by molar-refractivity contribution is -0.133. The van der Waals surface area contributed by atoms with E-state index in [1.807, 2.05) is 16.5 Å². The Morgan fingerprint density at radius 2 is 1.79 bits per heavy atom. The Morgan fingerprint density at radius 3 is 2.47 bits per heavy atom. The highest BCUT2D eigenvalue weighted by atomic mass is 32.2. The maximum atomic E-state index is 12.9. The summed E-state index contributed by atoms with van der Waals surface area (Å²) >= 11 is 0. The zero-order valence-electron chi connectivity index (χ0n) is 20.4. The summed E-state index contributed by atoms with van der Waals surface area (Å²) in [4.78, 5) is 22.0. The maximum absolute atomic E-state index is 12.9. The van der Waals surface area contributed by atoms with Crippen LogP contribution in [0.25, 0.3) is 11.0 Å². The molecule has 2 heterocycles. The average molecular weight is 484 g/mol. The molecule has 0 radical (unpaired) electrons. The molecule has 0 unspecified atom stereocenters. The molecule has 1 saturated heterocycles. The second kappa shape index (κ2) is 9.85. The van der Waals surface area contributed by atoms with Crippen LogP contribution in [-0.4, -0.2) is 78.3 Å². The minimum absolute atomic E-state index is 0.137. The van der Waals surface area contributed by atoms with Gasteiger partial charge in [-0.05, 0) is 30.7 Å². The Balaban J connectivity index is 1.35. The van der Waals surface area contributed by atoms with Crippen LogP contribution in [0.3, 0.4) is 0 Å². The Hall–Kier alpha value is -2.75. The van der Waals surface area contributed by atoms with Gasteiger partial charge in [-0.2, -0.15) is 0 Å². The van der Waals surface area contributed by atoms with E-state index in [1.165, 1.54) is 29.5 Å². The van der Waals surface area contributed by atoms with Gasteiger partial charge in [-0.15, -0.1) is 0 Å². The van der Waals surface area contributed by atoms with Crippen molar-refractivity contribution in [1.29, 1.82) is 0 Å². The second-order valence-electron chi connectivity index (χ2n) is 9.17. The van der Waals surface area contributed by atoms with E-state index in [1.54, 1.807) is 18.2 Å². The number of hydrogen-bond donors (Lipinski definition) is 0. The molecule has 8 nitrogen and oxygen atoms in total. The quantitative estimate of drug-likeness (QED) is 0.516. The van der Waals surface area contributed by atoms with Crippen molar-refractivity contribution in [1.82, 2.24) is 23.7 Å². The summed E-state index contributed by atoms with van der Waals surface area (Å²) in [5, 5.41) is 0. The molecule has 1 aliphatic rings. The first kappa shape index (κ1) is 24.4. The summed E-state index contributed by atoms with van der Waals surface area (Å²) in [6.07, 6.45) is 0.904. The molecule has 0 spiro atoms. The third-order valence-corrected chi connectivity index (χ3v) is 8.31. The summed E-state index contributed by atoms with van der Waals surface area (Å²) in [6.45, 7) is 6.23. The van der Waals surface area contributed by atoms with E-state index in [4.69, 9.17) is 0 Å². The summed E-state index contributed by atoms with van der Waals surface area (Å²) in [7, 11) is 1.41. The summed E-state index contributed by atoms with van der Waals surface area (Å²) in [5.41, 5.74) is 4.05. The zero-order valence-corrected chi connectivity index (χ0v) is 21.2. The highest BCUT2D eigenvalue weighted by molar-refractivity contribution is 7.89. The SMILES string of the molecule is Cc1cccc(CN2CCN(C(=O)CCc3nc4cc(S(=O)(=O)N(C)C)ccc4n3C)CC2)c1. The largest absolute Gasteiger partial charge is 0.340 e. The van der Waals surface area contributed by atoms with E-state index in [0.717, 1.165) is 44.1 Å². The number of imidazole rings is 1. The molecule has 0 saturated carbocycles. The Morgan fingerprint density at radius 1 is 1.06 bits per heavy atom. The van der Waals surface area contributed by atoms with Crippen LogP contribution in [0.1, 0.15) is 23.4 Å². The number of hydrogen-bond acceptors (Lipinski definition) is 5. The van der Waals surface area contributed by atoms with Crippen molar-refractivity contribution in [3.05, 3.63) is 59.4 Å². The fourth-order valence-corrected chi connectivity index (χ4v) is 5.35. The number of fused-ring (bicyclic) bond motifs is 1. The zero-order chi connectivity index (χ0) is 24.5. The van der Waals surface area contributed by atoms with Crippen molar-refractivity contribution >= 4 is 27.0 Å². The van der Waals surface area contributed by atoms with Gasteiger partial charge in [0.05, 0.1) is 15.9 Å². The van der Waals surface area contributed by atoms with Crippen molar-refractivity contribution in [2.24, 2.45) is 7.05 Å². The molecule has 0 aliphatic carbocycles. The van der Waals surface area contributed by atoms with Crippen LogP contribution >= 0.6 is 0 Å². The molecule has 0 bridgehead atoms. The molecule has 34 heavy (non-hydrogen) atoms. The Kier molecular flexibility index (Phi) is 7.06. The van der Waals surface area contributed by atoms with Gasteiger partial charge in [0.25, 0.3) is 0 Å². The third kappa shape index (κ3) is 5.16. The van der Waals surface area contributed by atoms with E-state index in [9.17, 15) is 13.2 Å². The highest BCUT2D eigenvalue weighted by Gasteiger charge is 2.22. The standard InChI is InChI=1S/C25H33N5O3S/c1-19-6-5-7-20(16-19)18-29-12-14-30(15-13-29)25(31)11-10-24-26-22-17-21(34(32,33)27(2)3)8-9-23(22)28(24)4/h5-9,16-17H,10-15,18H2,1-4H3. The molecule has 1 aromatic heterocycles. The molecule has 1 amide bonds. The summed E-state index contributed by atoms with van der Waals surface area (Å²) in [6, 6.07) is 13.5. The number of aromatic nitrogens is 2. The number of aryl methyl sites for hydroxylation is 3. The molecule has 3 aromatic rings. The van der Waals surface area contributed by atoms with Crippen molar-refractivity contribution in [3.63, 3.8) is 0 Å². The molecule has 1 aliphatic heterocycles. The monoisotopic (exact) mass is 483 g/mol. The van der Waals surface area contributed by atoms with Crippen LogP contribution in [-0.2, 0) is 34.8 Å². The second-order valence-corrected chi connectivity index (χ2v) is 11.3. The average Bonchev–Trinajstić information content (AvgIpc) is 3.12. The topological polar surface area (TPSA) is 78.8 Å². The van der Waals surface area contributed by atoms with E-state index in [2.05, 4.69) is 41.1 Å². The predicted molar refractivity (Wildman–Crippen MR) is 133 cm³/mol. The first-order valence-corrected chi connectivity index (χ1v) is 13.0. The molecule has 182 valence electrons. The fraction of sp³-hybridized carbons (Fsp3) is 0.440. The number of carbonyl (C=O) groups excluding carboxylic acids is 1. The molecular formula is C25H33N5O3S. The number of nitrogens with zero attached hydrogens (tertiary/aromatic N) is 5. The normalized spacial score (nSPS) is 15.4. The van der Waals surface area contributed by atoms with E-state index >= 15 is 0 Å². The lowest BCUT2D eigenvalue weighted by atomic mass is 10.1. The lowest BCUT2D eigenvalue weighted by Gasteiger charge is -2.34. The molecule has 0 N–H and O–H groups in total. The van der Waals surface area contributed by atoms with Crippen molar-refractivity contribution in [2.75, 3.05) is 40.3 Å². The van der Waals surface area contributed by atoms with E-state index in [0.29, 0.717) is 18.4 Å². The van der Waals surface area contributed by atoms with Crippen molar-refractivity contribution in [3.8, 4) is 0 Å². The van der Waals surface area contributed by atoms with Gasteiger partial charge in [0.15, 0.2) is 0 Å². The molecule has 0 atom stereocenters. The number of amides is 1. The van der Waals surface area contributed by atoms with Gasteiger partial charge in [-0.1, -0.05) is 29.8 Å². The smallest absolute Gasteiger partial charge is 0.242 e. The summed E-state index contributed by atoms with van der Waals surface area (Å²) in [5.74, 6) is 0.916. The molecule has 2 aromatic carbocycles. The van der Waals surface area contributed by atoms with Crippen LogP contribution in [0, 0.1) is 6.92 Å². The molecule has 9 heteroatoms. The summed E-state index contributed by atoms with van der Waals surface area (Å²) < 4.78 is 28.0. The molecular weight excluding hydrogens is 450 g/mol. The molecule has 4 rings (SSSR count). The van der Waals surface area contributed by atoms with Crippen molar-refractivity contribution < 1.29 is 13.2 Å². The van der Waals surface area contributed by atoms with Gasteiger partial charge in [-0.25, -0.2) is 17.7 Å². The lowest BCUT2D eigenvalue weighted by Crippen LogP contribution is -2.48. The van der Waals surface area contributed by atoms with Gasteiger partial charge in [-0.3, -0.25) is 9.69 Å². The number of benzene rings is 2. The van der Waals surface area contributed by atoms with Crippen LogP contribution < -0.4 is 0 Å². The van der Waals surface area contributed by atoms with Crippen LogP contribution in [0.4, 0.5) is 0 Å².